The van der Waals surface area contributed by atoms with Gasteiger partial charge in [0.05, 0.1) is 0 Å². The van der Waals surface area contributed by atoms with Crippen molar-refractivity contribution in [2.75, 3.05) is 0 Å². The molecule has 6 heteroatoms. The van der Waals surface area contributed by atoms with Gasteiger partial charge in [-0.3, -0.25) is 0 Å². The van der Waals surface area contributed by atoms with E-state index in [1.165, 1.54) is 64.2 Å². The number of benzene rings is 1. The van der Waals surface area contributed by atoms with Crippen molar-refractivity contribution < 1.29 is 26.7 Å². The fourth-order valence-corrected chi connectivity index (χ4v) is 5.83. The zero-order valence-corrected chi connectivity index (χ0v) is 20.3. The van der Waals surface area contributed by atoms with Crippen LogP contribution in [0.25, 0.3) is 0 Å². The number of unbranched alkanes of at least 4 members (excludes halogenated alkanes) is 1. The molecule has 2 aliphatic carbocycles. The summed E-state index contributed by atoms with van der Waals surface area (Å²) in [4.78, 5) is 0. The number of halogens is 5. The Labute approximate surface area is 201 Å². The van der Waals surface area contributed by atoms with E-state index in [1.54, 1.807) is 0 Å². The summed E-state index contributed by atoms with van der Waals surface area (Å²) in [6.45, 7) is 2.21. The van der Waals surface area contributed by atoms with Crippen LogP contribution in [0.2, 0.25) is 0 Å². The van der Waals surface area contributed by atoms with E-state index >= 15 is 0 Å². The number of hydrogen-bond donors (Lipinski definition) is 0. The summed E-state index contributed by atoms with van der Waals surface area (Å²) >= 11 is 0. The van der Waals surface area contributed by atoms with Crippen molar-refractivity contribution in [3.8, 4) is 5.75 Å². The molecule has 0 radical (unpaired) electrons. The lowest BCUT2D eigenvalue weighted by molar-refractivity contribution is -0.276. The molecular formula is C28H39F5O. The van der Waals surface area contributed by atoms with Crippen molar-refractivity contribution in [3.05, 3.63) is 41.5 Å². The number of hydrogen-bond acceptors (Lipinski definition) is 1. The van der Waals surface area contributed by atoms with E-state index in [0.717, 1.165) is 49.7 Å². The summed E-state index contributed by atoms with van der Waals surface area (Å²) in [5.74, 6) is -1.61. The molecule has 0 N–H and O–H groups in total. The van der Waals surface area contributed by atoms with Crippen LogP contribution in [-0.2, 0) is 0 Å². The second-order valence-corrected chi connectivity index (χ2v) is 10.4. The molecule has 0 amide bonds. The highest BCUT2D eigenvalue weighted by molar-refractivity contribution is 5.33. The Morgan fingerprint density at radius 3 is 1.74 bits per heavy atom. The highest BCUT2D eigenvalue weighted by atomic mass is 19.4. The van der Waals surface area contributed by atoms with Gasteiger partial charge in [-0.1, -0.05) is 64.0 Å². The van der Waals surface area contributed by atoms with E-state index in [9.17, 15) is 22.0 Å². The van der Waals surface area contributed by atoms with Crippen LogP contribution >= 0.6 is 0 Å². The largest absolute Gasteiger partial charge is 0.573 e. The minimum atomic E-state index is -5.12. The summed E-state index contributed by atoms with van der Waals surface area (Å²) in [6.07, 6.45) is 16.0. The molecule has 2 fully saturated rings. The quantitative estimate of drug-likeness (QED) is 0.236. The monoisotopic (exact) mass is 486 g/mol. The molecule has 0 saturated heterocycles. The van der Waals surface area contributed by atoms with Crippen molar-refractivity contribution in [1.82, 2.24) is 0 Å². The molecule has 0 unspecified atom stereocenters. The van der Waals surface area contributed by atoms with Crippen LogP contribution < -0.4 is 4.74 Å². The van der Waals surface area contributed by atoms with Gasteiger partial charge in [0.25, 0.3) is 0 Å². The first-order chi connectivity index (χ1) is 16.2. The van der Waals surface area contributed by atoms with E-state index in [1.807, 2.05) is 0 Å². The van der Waals surface area contributed by atoms with Gasteiger partial charge in [-0.05, 0) is 86.3 Å². The average Bonchev–Trinajstić information content (AvgIpc) is 2.80. The van der Waals surface area contributed by atoms with Gasteiger partial charge >= 0.3 is 6.36 Å². The van der Waals surface area contributed by atoms with Crippen LogP contribution in [0.4, 0.5) is 22.0 Å². The number of alkyl halides is 3. The van der Waals surface area contributed by atoms with Crippen LogP contribution in [0.3, 0.4) is 0 Å². The minimum Gasteiger partial charge on any atom is -0.399 e. The Balaban J connectivity index is 1.37. The molecule has 0 aliphatic heterocycles. The van der Waals surface area contributed by atoms with Crippen molar-refractivity contribution in [2.45, 2.75) is 109 Å². The fraction of sp³-hybridized carbons (Fsp3) is 0.714. The van der Waals surface area contributed by atoms with Crippen LogP contribution in [0.15, 0.2) is 24.3 Å². The lowest BCUT2D eigenvalue weighted by Gasteiger charge is -2.32. The summed E-state index contributed by atoms with van der Waals surface area (Å²) in [5.41, 5.74) is 0.436. The molecule has 1 nitrogen and oxygen atoms in total. The van der Waals surface area contributed by atoms with Gasteiger partial charge in [0.15, 0.2) is 11.6 Å². The number of allylic oxidation sites excluding steroid dienone is 2. The van der Waals surface area contributed by atoms with Crippen LogP contribution in [0.1, 0.15) is 108 Å². The molecule has 34 heavy (non-hydrogen) atoms. The lowest BCUT2D eigenvalue weighted by atomic mass is 9.74. The molecular weight excluding hydrogens is 447 g/mol. The predicted molar refractivity (Wildman–Crippen MR) is 126 cm³/mol. The Bertz CT molecular complexity index is 748. The van der Waals surface area contributed by atoms with Crippen LogP contribution in [0.5, 0.6) is 5.75 Å². The predicted octanol–water partition coefficient (Wildman–Crippen LogP) is 9.86. The minimum absolute atomic E-state index is 0.0120. The fourth-order valence-electron chi connectivity index (χ4n) is 5.83. The summed E-state index contributed by atoms with van der Waals surface area (Å²) < 4.78 is 68.7. The Morgan fingerprint density at radius 1 is 0.765 bits per heavy atom. The maximum absolute atomic E-state index is 14.1. The van der Waals surface area contributed by atoms with E-state index in [4.69, 9.17) is 0 Å². The van der Waals surface area contributed by atoms with Gasteiger partial charge in [0.2, 0.25) is 5.75 Å². The van der Waals surface area contributed by atoms with Gasteiger partial charge in [-0.2, -0.15) is 0 Å². The Hall–Kier alpha value is -1.59. The highest BCUT2D eigenvalue weighted by Gasteiger charge is 2.35. The molecule has 1 aromatic carbocycles. The van der Waals surface area contributed by atoms with Crippen molar-refractivity contribution >= 4 is 0 Å². The first-order valence-corrected chi connectivity index (χ1v) is 13.1. The number of rotatable bonds is 10. The lowest BCUT2D eigenvalue weighted by Crippen LogP contribution is -2.20. The summed E-state index contributed by atoms with van der Waals surface area (Å²) in [7, 11) is 0. The van der Waals surface area contributed by atoms with E-state index in [-0.39, 0.29) is 5.92 Å². The molecule has 0 atom stereocenters. The van der Waals surface area contributed by atoms with Gasteiger partial charge in [0, 0.05) is 0 Å². The zero-order valence-electron chi connectivity index (χ0n) is 20.3. The first-order valence-electron chi connectivity index (χ1n) is 13.1. The van der Waals surface area contributed by atoms with Gasteiger partial charge in [-0.15, -0.1) is 13.2 Å². The molecule has 3 rings (SSSR count). The Morgan fingerprint density at radius 2 is 1.24 bits per heavy atom. The maximum Gasteiger partial charge on any atom is 0.573 e. The van der Waals surface area contributed by atoms with Gasteiger partial charge in [-0.25, -0.2) is 8.78 Å². The maximum atomic E-state index is 14.1. The molecule has 2 saturated carbocycles. The molecule has 192 valence electrons. The van der Waals surface area contributed by atoms with Crippen molar-refractivity contribution in [2.24, 2.45) is 17.8 Å². The summed E-state index contributed by atoms with van der Waals surface area (Å²) in [5, 5.41) is 0. The topological polar surface area (TPSA) is 9.23 Å². The first kappa shape index (κ1) is 27.0. The third kappa shape index (κ3) is 8.57. The van der Waals surface area contributed by atoms with Crippen LogP contribution in [0, 0.1) is 29.4 Å². The SMILES string of the molecule is CCCC=CCCC1CCC(CCC2CCC(c3cc(F)c(OC(F)(F)F)c(F)c3)CC2)CC1. The van der Waals surface area contributed by atoms with Gasteiger partial charge < -0.3 is 4.74 Å². The van der Waals surface area contributed by atoms with E-state index in [0.29, 0.717) is 11.5 Å². The number of ether oxygens (including phenoxy) is 1. The molecule has 1 aromatic rings. The van der Waals surface area contributed by atoms with Gasteiger partial charge in [0.1, 0.15) is 0 Å². The highest BCUT2D eigenvalue weighted by Crippen LogP contribution is 2.41. The molecule has 2 aliphatic rings. The normalized spacial score (nSPS) is 26.2. The molecule has 0 aromatic heterocycles. The molecule has 0 heterocycles. The van der Waals surface area contributed by atoms with E-state index in [2.05, 4.69) is 23.8 Å². The average molecular weight is 487 g/mol. The molecule has 0 bridgehead atoms. The smallest absolute Gasteiger partial charge is 0.399 e. The second-order valence-electron chi connectivity index (χ2n) is 10.4. The standard InChI is InChI=1S/C28H39F5O/c1-2-3-4-5-6-7-20-8-10-21(11-9-20)12-13-22-14-16-23(17-15-22)24-18-25(29)27(26(30)19-24)34-28(31,32)33/h4-5,18-23H,2-3,6-17H2,1H3. The second kappa shape index (κ2) is 12.9. The Kier molecular flexibility index (Phi) is 10.3. The third-order valence-corrected chi connectivity index (χ3v) is 7.87. The van der Waals surface area contributed by atoms with E-state index < -0.39 is 23.7 Å². The summed E-state index contributed by atoms with van der Waals surface area (Å²) in [6, 6.07) is 2.01. The molecule has 0 spiro atoms. The zero-order chi connectivity index (χ0) is 24.6. The van der Waals surface area contributed by atoms with Crippen molar-refractivity contribution in [1.29, 1.82) is 0 Å². The van der Waals surface area contributed by atoms with Crippen LogP contribution in [-0.4, -0.2) is 6.36 Å². The van der Waals surface area contributed by atoms with Crippen molar-refractivity contribution in [3.63, 3.8) is 0 Å². The third-order valence-electron chi connectivity index (χ3n) is 7.87.